The lowest BCUT2D eigenvalue weighted by molar-refractivity contribution is -0.785. The minimum Gasteiger partial charge on any atom is -0.307 e. The molecular weight excluding hydrogens is 528 g/mol. The van der Waals surface area contributed by atoms with Gasteiger partial charge in [0.05, 0.1) is 9.85 Å². The molecule has 2 unspecified atom stereocenters. The summed E-state index contributed by atoms with van der Waals surface area (Å²) in [7, 11) is 0. The van der Waals surface area contributed by atoms with Gasteiger partial charge in [-0.25, -0.2) is 0 Å². The number of nitro groups is 2. The van der Waals surface area contributed by atoms with Crippen LogP contribution in [0.3, 0.4) is 0 Å². The highest BCUT2D eigenvalue weighted by Crippen LogP contribution is 2.67. The molecule has 40 heavy (non-hydrogen) atoms. The average molecular weight is 559 g/mol. The van der Waals surface area contributed by atoms with Crippen LogP contribution in [0.5, 0.6) is 0 Å². The van der Waals surface area contributed by atoms with Crippen LogP contribution in [-0.2, 0) is 20.5 Å². The second-order valence-electron chi connectivity index (χ2n) is 13.9. The Bertz CT molecular complexity index is 1230. The molecule has 14 nitrogen and oxygen atoms in total. The van der Waals surface area contributed by atoms with E-state index >= 15 is 0 Å². The van der Waals surface area contributed by atoms with Crippen LogP contribution in [0.15, 0.2) is 12.1 Å². The van der Waals surface area contributed by atoms with Crippen molar-refractivity contribution >= 4 is 11.4 Å². The molecule has 214 valence electrons. The van der Waals surface area contributed by atoms with Crippen molar-refractivity contribution in [1.82, 2.24) is 0 Å². The van der Waals surface area contributed by atoms with E-state index in [1.165, 1.54) is 12.1 Å². The topological polar surface area (TPSA) is 191 Å². The van der Waals surface area contributed by atoms with Gasteiger partial charge in [0.2, 0.25) is 0 Å². The fourth-order valence-electron chi connectivity index (χ4n) is 11.2. The summed E-state index contributed by atoms with van der Waals surface area (Å²) >= 11 is 0. The van der Waals surface area contributed by atoms with Gasteiger partial charge in [-0.1, -0.05) is 0 Å². The molecule has 0 amide bonds. The lowest BCUT2D eigenvalue weighted by Crippen LogP contribution is -2.59. The Labute approximate surface area is 227 Å². The van der Waals surface area contributed by atoms with Crippen LogP contribution in [0.1, 0.15) is 88.2 Å². The summed E-state index contributed by atoms with van der Waals surface area (Å²) in [6.45, 7) is 0. The molecule has 1 aromatic rings. The lowest BCUT2D eigenvalue weighted by Gasteiger charge is -2.61. The summed E-state index contributed by atoms with van der Waals surface area (Å²) in [6.07, 6.45) is 6.44. The zero-order chi connectivity index (χ0) is 28.2. The number of benzene rings is 1. The van der Waals surface area contributed by atoms with E-state index in [0.717, 1.165) is 12.8 Å². The Morgan fingerprint density at radius 3 is 1.18 bits per heavy atom. The zero-order valence-corrected chi connectivity index (χ0v) is 21.8. The van der Waals surface area contributed by atoms with Crippen molar-refractivity contribution in [3.63, 3.8) is 0 Å². The van der Waals surface area contributed by atoms with Crippen molar-refractivity contribution in [2.24, 2.45) is 23.7 Å². The third-order valence-electron chi connectivity index (χ3n) is 11.2. The molecule has 0 aromatic heterocycles. The highest BCUT2D eigenvalue weighted by molar-refractivity contribution is 5.60. The summed E-state index contributed by atoms with van der Waals surface area (Å²) < 4.78 is 0. The van der Waals surface area contributed by atoms with E-state index in [4.69, 9.17) is 9.68 Å². The fraction of sp³-hybridized carbons (Fsp3) is 0.769. The van der Waals surface area contributed by atoms with E-state index in [0.29, 0.717) is 51.4 Å². The molecule has 0 spiro atoms. The summed E-state index contributed by atoms with van der Waals surface area (Å²) in [5, 5.41) is 46.5. The van der Waals surface area contributed by atoms with Gasteiger partial charge in [0.15, 0.2) is 0 Å². The van der Waals surface area contributed by atoms with Crippen LogP contribution in [0.4, 0.5) is 11.4 Å². The predicted molar refractivity (Wildman–Crippen MR) is 134 cm³/mol. The third kappa shape index (κ3) is 3.66. The predicted octanol–water partition coefficient (Wildman–Crippen LogP) is 5.10. The summed E-state index contributed by atoms with van der Waals surface area (Å²) in [6, 6.07) is 2.72. The normalized spacial score (nSPS) is 42.0. The van der Waals surface area contributed by atoms with E-state index < -0.39 is 42.1 Å². The van der Waals surface area contributed by atoms with Gasteiger partial charge in [-0.15, -0.1) is 20.2 Å². The van der Waals surface area contributed by atoms with E-state index in [1.54, 1.807) is 0 Å². The van der Waals surface area contributed by atoms with Crippen molar-refractivity contribution in [3.8, 4) is 0 Å². The molecule has 8 saturated carbocycles. The highest BCUT2D eigenvalue weighted by atomic mass is 17.0. The Morgan fingerprint density at radius 1 is 0.575 bits per heavy atom. The quantitative estimate of drug-likeness (QED) is 0.306. The van der Waals surface area contributed by atoms with Gasteiger partial charge in [0.1, 0.15) is 11.2 Å². The first-order valence-corrected chi connectivity index (χ1v) is 14.0. The minimum absolute atomic E-state index is 0.0850. The Hall–Kier alpha value is -3.58. The standard InChI is InChI=1S/C26H30N4O10/c31-27(32)21-4-20(24-7-17-2-18(8-24)12-26(11-17,14-24)40-30(37)38)22(28(33)34)3-19(21)23-5-15-1-16(6-23)10-25(9-15,13-23)39-29(35)36/h3-4,15-18H,1-2,5-14H2/t15-,16-,17-,18+,23?,24?,25?,26?/m1/s1. The van der Waals surface area contributed by atoms with Gasteiger partial charge < -0.3 is 9.68 Å². The number of nitro benzene ring substituents is 2. The maximum Gasteiger partial charge on any atom is 0.295 e. The number of hydrogen-bond donors (Lipinski definition) is 0. The molecule has 8 bridgehead atoms. The number of hydrogen-bond acceptors (Lipinski definition) is 10. The van der Waals surface area contributed by atoms with E-state index in [1.807, 2.05) is 0 Å². The van der Waals surface area contributed by atoms with Crippen molar-refractivity contribution in [1.29, 1.82) is 0 Å². The largest absolute Gasteiger partial charge is 0.307 e. The first kappa shape index (κ1) is 25.4. The SMILES string of the molecule is O=[N+]([O-])OC12C[C@H]3C[C@@H](C1)CC(c1cc([N+](=O)[O-])c(C45C[C@H]6C[C@@H](CC(O[N+](=O)[O-])(C6)C4)C5)cc1[N+](=O)[O-])(C3)C2. The Balaban J connectivity index is 1.37. The van der Waals surface area contributed by atoms with Gasteiger partial charge in [0, 0.05) is 34.1 Å². The Morgan fingerprint density at radius 2 is 0.900 bits per heavy atom. The lowest BCUT2D eigenvalue weighted by atomic mass is 9.45. The summed E-state index contributed by atoms with van der Waals surface area (Å²) in [4.78, 5) is 57.6. The maximum absolute atomic E-state index is 12.6. The summed E-state index contributed by atoms with van der Waals surface area (Å²) in [5.74, 6) is 0.340. The molecule has 1 aromatic carbocycles. The van der Waals surface area contributed by atoms with Crippen LogP contribution in [0.25, 0.3) is 0 Å². The van der Waals surface area contributed by atoms with Gasteiger partial charge >= 0.3 is 0 Å². The first-order chi connectivity index (χ1) is 18.8. The molecule has 8 fully saturated rings. The molecule has 6 atom stereocenters. The fourth-order valence-corrected chi connectivity index (χ4v) is 11.2. The van der Waals surface area contributed by atoms with E-state index in [2.05, 4.69) is 0 Å². The van der Waals surface area contributed by atoms with Gasteiger partial charge in [-0.05, 0) is 101 Å². The molecular formula is C26H30N4O10. The van der Waals surface area contributed by atoms with Crippen LogP contribution in [0, 0.1) is 64.1 Å². The monoisotopic (exact) mass is 558 g/mol. The van der Waals surface area contributed by atoms with E-state index in [-0.39, 0.29) is 59.0 Å². The van der Waals surface area contributed by atoms with Crippen LogP contribution in [-0.4, -0.2) is 31.2 Å². The molecule has 9 rings (SSSR count). The Kier molecular flexibility index (Phi) is 5.08. The molecule has 0 saturated heterocycles. The van der Waals surface area contributed by atoms with E-state index in [9.17, 15) is 40.5 Å². The molecule has 8 aliphatic rings. The highest BCUT2D eigenvalue weighted by Gasteiger charge is 2.64. The van der Waals surface area contributed by atoms with Gasteiger partial charge in [-0.3, -0.25) is 20.2 Å². The first-order valence-electron chi connectivity index (χ1n) is 14.0. The van der Waals surface area contributed by atoms with Crippen molar-refractivity contribution in [2.75, 3.05) is 0 Å². The van der Waals surface area contributed by atoms with Crippen molar-refractivity contribution in [2.45, 2.75) is 99.1 Å². The molecule has 0 heterocycles. The van der Waals surface area contributed by atoms with Crippen LogP contribution in [0.2, 0.25) is 0 Å². The number of rotatable bonds is 8. The molecule has 0 N–H and O–H groups in total. The van der Waals surface area contributed by atoms with Crippen LogP contribution < -0.4 is 0 Å². The molecule has 0 radical (unpaired) electrons. The minimum atomic E-state index is -1.04. The van der Waals surface area contributed by atoms with Crippen molar-refractivity contribution in [3.05, 3.63) is 63.7 Å². The number of nitrogens with zero attached hydrogens (tertiary/aromatic N) is 4. The van der Waals surface area contributed by atoms with Crippen molar-refractivity contribution < 1.29 is 29.7 Å². The molecule has 8 aliphatic carbocycles. The average Bonchev–Trinajstić information content (AvgIpc) is 2.79. The zero-order valence-electron chi connectivity index (χ0n) is 21.8. The maximum atomic E-state index is 12.6. The van der Waals surface area contributed by atoms with Crippen LogP contribution >= 0.6 is 0 Å². The smallest absolute Gasteiger partial charge is 0.295 e. The third-order valence-corrected chi connectivity index (χ3v) is 11.2. The summed E-state index contributed by atoms with van der Waals surface area (Å²) in [5.41, 5.74) is -3.63. The second-order valence-corrected chi connectivity index (χ2v) is 13.9. The van der Waals surface area contributed by atoms with Gasteiger partial charge in [0.25, 0.3) is 21.5 Å². The second kappa shape index (κ2) is 8.00. The van der Waals surface area contributed by atoms with Gasteiger partial charge in [-0.2, -0.15) is 0 Å². The molecule has 14 heteroatoms. The molecule has 0 aliphatic heterocycles.